The molecular weight excluding hydrogens is 278 g/mol. The van der Waals surface area contributed by atoms with Gasteiger partial charge in [0.2, 0.25) is 0 Å². The van der Waals surface area contributed by atoms with Crippen molar-refractivity contribution >= 4 is 0 Å². The third kappa shape index (κ3) is 3.30. The van der Waals surface area contributed by atoms with E-state index in [1.54, 1.807) is 11.1 Å². The molecule has 3 atom stereocenters. The zero-order valence-corrected chi connectivity index (χ0v) is 15.6. The van der Waals surface area contributed by atoms with Crippen LogP contribution in [0.2, 0.25) is 0 Å². The minimum Gasteiger partial charge on any atom is -0.286 e. The molecule has 1 heteroatoms. The van der Waals surface area contributed by atoms with E-state index in [-0.39, 0.29) is 5.54 Å². The van der Waals surface area contributed by atoms with Crippen molar-refractivity contribution in [3.63, 3.8) is 0 Å². The molecule has 1 heterocycles. The maximum absolute atomic E-state index is 4.05. The van der Waals surface area contributed by atoms with Crippen molar-refractivity contribution in [3.05, 3.63) is 59.7 Å². The molecule has 1 nitrogen and oxygen atoms in total. The van der Waals surface area contributed by atoms with E-state index in [0.717, 1.165) is 19.4 Å². The Bertz CT molecular complexity index is 557. The van der Waals surface area contributed by atoms with Gasteiger partial charge >= 0.3 is 0 Å². The zero-order chi connectivity index (χ0) is 17.0. The van der Waals surface area contributed by atoms with E-state index in [0.29, 0.717) is 12.0 Å². The number of hydrogen-bond acceptors (Lipinski definition) is 1. The lowest BCUT2D eigenvalue weighted by Gasteiger charge is -2.54. The smallest absolute Gasteiger partial charge is 0.0316 e. The Morgan fingerprint density at radius 2 is 1.87 bits per heavy atom. The van der Waals surface area contributed by atoms with Gasteiger partial charge in [0.1, 0.15) is 0 Å². The molecule has 0 N–H and O–H groups in total. The second kappa shape index (κ2) is 7.49. The molecule has 0 fully saturated rings. The molecule has 0 aliphatic carbocycles. The Morgan fingerprint density at radius 1 is 1.22 bits per heavy atom. The molecule has 0 bridgehead atoms. The standard InChI is InChI=1S/C22H33N/c1-7-15-22(6)18(5)17(4)20(8-2)21(9-3)23(22)16-19-13-11-10-12-14-19/h7,10-14,18,21H,1,8-9,15-16H2,2-6H3/t18-,21+,22+/m1/s1. The van der Waals surface area contributed by atoms with Crippen LogP contribution >= 0.6 is 0 Å². The molecular formula is C22H33N. The van der Waals surface area contributed by atoms with Gasteiger partial charge < -0.3 is 0 Å². The van der Waals surface area contributed by atoms with Crippen LogP contribution in [0.1, 0.15) is 59.4 Å². The van der Waals surface area contributed by atoms with E-state index in [2.05, 4.69) is 82.5 Å². The Balaban J connectivity index is 2.49. The SMILES string of the molecule is C=CC[C@@]1(C)[C@H](C)C(C)=C(CC)[C@H](CC)N1Cc1ccccc1. The molecule has 0 radical (unpaired) electrons. The van der Waals surface area contributed by atoms with Crippen LogP contribution in [-0.2, 0) is 6.54 Å². The van der Waals surface area contributed by atoms with Crippen LogP contribution in [-0.4, -0.2) is 16.5 Å². The summed E-state index contributed by atoms with van der Waals surface area (Å²) >= 11 is 0. The monoisotopic (exact) mass is 311 g/mol. The molecule has 1 aromatic carbocycles. The van der Waals surface area contributed by atoms with E-state index in [9.17, 15) is 0 Å². The van der Waals surface area contributed by atoms with Gasteiger partial charge in [-0.3, -0.25) is 4.90 Å². The highest BCUT2D eigenvalue weighted by atomic mass is 15.2. The molecule has 23 heavy (non-hydrogen) atoms. The van der Waals surface area contributed by atoms with Crippen LogP contribution in [0.4, 0.5) is 0 Å². The third-order valence-corrected chi connectivity index (χ3v) is 6.04. The Morgan fingerprint density at radius 3 is 2.39 bits per heavy atom. The second-order valence-corrected chi connectivity index (χ2v) is 7.17. The van der Waals surface area contributed by atoms with Crippen molar-refractivity contribution in [1.29, 1.82) is 0 Å². The maximum Gasteiger partial charge on any atom is 0.0316 e. The van der Waals surface area contributed by atoms with E-state index in [1.165, 1.54) is 12.0 Å². The summed E-state index contributed by atoms with van der Waals surface area (Å²) in [6, 6.07) is 11.4. The summed E-state index contributed by atoms with van der Waals surface area (Å²) in [6.07, 6.45) is 5.47. The van der Waals surface area contributed by atoms with E-state index in [1.807, 2.05) is 0 Å². The molecule has 126 valence electrons. The minimum atomic E-state index is 0.140. The molecule has 0 saturated heterocycles. The molecule has 1 aliphatic rings. The highest BCUT2D eigenvalue weighted by Crippen LogP contribution is 2.44. The highest BCUT2D eigenvalue weighted by Gasteiger charge is 2.45. The lowest BCUT2D eigenvalue weighted by Crippen LogP contribution is -2.58. The highest BCUT2D eigenvalue weighted by molar-refractivity contribution is 5.30. The third-order valence-electron chi connectivity index (χ3n) is 6.04. The van der Waals surface area contributed by atoms with E-state index >= 15 is 0 Å². The summed E-state index contributed by atoms with van der Waals surface area (Å²) in [6.45, 7) is 16.9. The van der Waals surface area contributed by atoms with Crippen molar-refractivity contribution in [2.45, 2.75) is 72.0 Å². The van der Waals surface area contributed by atoms with Crippen LogP contribution in [0.15, 0.2) is 54.1 Å². The van der Waals surface area contributed by atoms with Crippen LogP contribution in [0, 0.1) is 5.92 Å². The Hall–Kier alpha value is -1.34. The fourth-order valence-electron chi connectivity index (χ4n) is 4.44. The first kappa shape index (κ1) is 18.0. The van der Waals surface area contributed by atoms with Gasteiger partial charge in [-0.05, 0) is 44.6 Å². The van der Waals surface area contributed by atoms with Gasteiger partial charge in [0.15, 0.2) is 0 Å². The second-order valence-electron chi connectivity index (χ2n) is 7.17. The molecule has 0 amide bonds. The van der Waals surface area contributed by atoms with E-state index < -0.39 is 0 Å². The van der Waals surface area contributed by atoms with Gasteiger partial charge in [-0.15, -0.1) is 6.58 Å². The van der Waals surface area contributed by atoms with Crippen molar-refractivity contribution in [2.75, 3.05) is 0 Å². The van der Waals surface area contributed by atoms with Gasteiger partial charge in [0.05, 0.1) is 0 Å². The molecule has 0 aromatic heterocycles. The average Bonchev–Trinajstić information content (AvgIpc) is 2.56. The Kier molecular flexibility index (Phi) is 5.86. The van der Waals surface area contributed by atoms with Crippen LogP contribution in [0.3, 0.4) is 0 Å². The average molecular weight is 312 g/mol. The fourth-order valence-corrected chi connectivity index (χ4v) is 4.44. The summed E-state index contributed by atoms with van der Waals surface area (Å²) in [5.74, 6) is 0.557. The van der Waals surface area contributed by atoms with Gasteiger partial charge in [0.25, 0.3) is 0 Å². The largest absolute Gasteiger partial charge is 0.286 e. The van der Waals surface area contributed by atoms with Crippen LogP contribution < -0.4 is 0 Å². The predicted octanol–water partition coefficient (Wildman–Crippen LogP) is 5.98. The van der Waals surface area contributed by atoms with Crippen molar-refractivity contribution in [1.82, 2.24) is 4.90 Å². The fraction of sp³-hybridized carbons (Fsp3) is 0.545. The summed E-state index contributed by atoms with van der Waals surface area (Å²) in [5, 5.41) is 0. The van der Waals surface area contributed by atoms with Gasteiger partial charge in [-0.1, -0.05) is 68.3 Å². The number of hydrogen-bond donors (Lipinski definition) is 0. The Labute approximate surface area is 143 Å². The lowest BCUT2D eigenvalue weighted by molar-refractivity contribution is 0.0138. The first-order valence-electron chi connectivity index (χ1n) is 9.10. The first-order chi connectivity index (χ1) is 11.0. The van der Waals surface area contributed by atoms with Crippen molar-refractivity contribution in [2.24, 2.45) is 5.92 Å². The summed E-state index contributed by atoms with van der Waals surface area (Å²) in [4.78, 5) is 2.75. The van der Waals surface area contributed by atoms with Gasteiger partial charge in [0, 0.05) is 18.1 Å². The van der Waals surface area contributed by atoms with Gasteiger partial charge in [-0.25, -0.2) is 0 Å². The summed E-state index contributed by atoms with van der Waals surface area (Å²) in [7, 11) is 0. The lowest BCUT2D eigenvalue weighted by atomic mass is 9.70. The number of benzene rings is 1. The quantitative estimate of drug-likeness (QED) is 0.584. The van der Waals surface area contributed by atoms with Crippen molar-refractivity contribution < 1.29 is 0 Å². The van der Waals surface area contributed by atoms with E-state index in [4.69, 9.17) is 0 Å². The molecule has 0 saturated carbocycles. The minimum absolute atomic E-state index is 0.140. The van der Waals surface area contributed by atoms with Crippen LogP contribution in [0.25, 0.3) is 0 Å². The normalized spacial score (nSPS) is 28.9. The molecule has 1 aromatic rings. The first-order valence-corrected chi connectivity index (χ1v) is 9.10. The topological polar surface area (TPSA) is 3.24 Å². The summed E-state index contributed by atoms with van der Waals surface area (Å²) in [5.41, 5.74) is 4.80. The maximum atomic E-state index is 4.05. The summed E-state index contributed by atoms with van der Waals surface area (Å²) < 4.78 is 0. The molecule has 2 rings (SSSR count). The molecule has 0 unspecified atom stereocenters. The van der Waals surface area contributed by atoms with Gasteiger partial charge in [-0.2, -0.15) is 0 Å². The predicted molar refractivity (Wildman–Crippen MR) is 101 cm³/mol. The molecule has 0 spiro atoms. The number of nitrogens with zero attached hydrogens (tertiary/aromatic N) is 1. The number of rotatable bonds is 6. The van der Waals surface area contributed by atoms with Crippen molar-refractivity contribution in [3.8, 4) is 0 Å². The van der Waals surface area contributed by atoms with Crippen LogP contribution in [0.5, 0.6) is 0 Å². The zero-order valence-electron chi connectivity index (χ0n) is 15.6. The molecule has 1 aliphatic heterocycles.